The fourth-order valence-corrected chi connectivity index (χ4v) is 2.81. The quantitative estimate of drug-likeness (QED) is 0.229. The molecule has 6 nitrogen and oxygen atoms in total. The summed E-state index contributed by atoms with van der Waals surface area (Å²) in [5.41, 5.74) is 4.04. The molecule has 2 aromatic rings. The molecule has 0 aliphatic rings. The fraction of sp³-hybridized carbons (Fsp3) is 0.429. The van der Waals surface area contributed by atoms with Crippen LogP contribution in [0.4, 0.5) is 0 Å². The molecular weight excluding hydrogens is 288 g/mol. The van der Waals surface area contributed by atoms with Gasteiger partial charge in [0.05, 0.1) is 17.6 Å². The Morgan fingerprint density at radius 2 is 2.33 bits per heavy atom. The monoisotopic (exact) mass is 308 g/mol. The van der Waals surface area contributed by atoms with Crippen LogP contribution in [-0.4, -0.2) is 28.2 Å². The zero-order valence-corrected chi connectivity index (χ0v) is 12.8. The lowest BCUT2D eigenvalue weighted by atomic mass is 10.2. The van der Waals surface area contributed by atoms with Crippen LogP contribution in [0.5, 0.6) is 5.75 Å². The van der Waals surface area contributed by atoms with Crippen molar-refractivity contribution in [3.63, 3.8) is 0 Å². The van der Waals surface area contributed by atoms with Gasteiger partial charge in [0, 0.05) is 18.2 Å². The summed E-state index contributed by atoms with van der Waals surface area (Å²) in [6.45, 7) is 2.61. The third kappa shape index (κ3) is 4.64. The predicted octanol–water partition coefficient (Wildman–Crippen LogP) is 2.21. The number of benzene rings is 1. The maximum absolute atomic E-state index is 11.0. The highest BCUT2D eigenvalue weighted by atomic mass is 32.2. The zero-order valence-electron chi connectivity index (χ0n) is 12.0. The number of imidazole rings is 1. The molecule has 0 fully saturated rings. The number of ether oxygens (including phenoxy) is 1. The van der Waals surface area contributed by atoms with Gasteiger partial charge in [0.15, 0.2) is 5.16 Å². The SMILES string of the molecule is CCOc1ccc2nc(SCCCCC(=O)NN)[nH]c2c1. The summed E-state index contributed by atoms with van der Waals surface area (Å²) in [5.74, 6) is 6.66. The highest BCUT2D eigenvalue weighted by Crippen LogP contribution is 2.23. The van der Waals surface area contributed by atoms with Crippen molar-refractivity contribution in [3.05, 3.63) is 18.2 Å². The Kier molecular flexibility index (Phi) is 5.89. The van der Waals surface area contributed by atoms with E-state index in [0.29, 0.717) is 13.0 Å². The minimum Gasteiger partial charge on any atom is -0.494 e. The largest absolute Gasteiger partial charge is 0.494 e. The Morgan fingerprint density at radius 1 is 1.48 bits per heavy atom. The Bertz CT molecular complexity index is 600. The molecule has 1 aromatic heterocycles. The first-order valence-corrected chi connectivity index (χ1v) is 7.96. The second kappa shape index (κ2) is 7.90. The molecule has 0 aliphatic heterocycles. The van der Waals surface area contributed by atoms with E-state index >= 15 is 0 Å². The number of hydrogen-bond donors (Lipinski definition) is 3. The Morgan fingerprint density at radius 3 is 3.10 bits per heavy atom. The number of aromatic nitrogens is 2. The summed E-state index contributed by atoms with van der Waals surface area (Å²) in [4.78, 5) is 18.8. The second-order valence-electron chi connectivity index (χ2n) is 4.53. The molecule has 1 aromatic carbocycles. The molecule has 0 radical (unpaired) electrons. The molecular formula is C14H20N4O2S. The first-order valence-electron chi connectivity index (χ1n) is 6.97. The van der Waals surface area contributed by atoms with E-state index in [4.69, 9.17) is 10.6 Å². The van der Waals surface area contributed by atoms with Gasteiger partial charge in [-0.3, -0.25) is 10.2 Å². The van der Waals surface area contributed by atoms with Gasteiger partial charge in [-0.2, -0.15) is 0 Å². The van der Waals surface area contributed by atoms with E-state index in [1.165, 1.54) is 0 Å². The summed E-state index contributed by atoms with van der Waals surface area (Å²) in [7, 11) is 0. The van der Waals surface area contributed by atoms with Crippen molar-refractivity contribution in [2.24, 2.45) is 5.84 Å². The molecule has 2 rings (SSSR count). The summed E-state index contributed by atoms with van der Waals surface area (Å²) < 4.78 is 5.47. The average Bonchev–Trinajstić information content (AvgIpc) is 2.89. The Balaban J connectivity index is 1.83. The van der Waals surface area contributed by atoms with E-state index in [1.807, 2.05) is 25.1 Å². The maximum atomic E-state index is 11.0. The molecule has 1 amide bonds. The van der Waals surface area contributed by atoms with Gasteiger partial charge in [0.1, 0.15) is 5.75 Å². The van der Waals surface area contributed by atoms with Crippen LogP contribution in [0.1, 0.15) is 26.2 Å². The lowest BCUT2D eigenvalue weighted by Crippen LogP contribution is -2.29. The molecule has 0 aliphatic carbocycles. The molecule has 4 N–H and O–H groups in total. The molecule has 0 spiro atoms. The van der Waals surface area contributed by atoms with Crippen LogP contribution >= 0.6 is 11.8 Å². The average molecular weight is 308 g/mol. The van der Waals surface area contributed by atoms with Gasteiger partial charge >= 0.3 is 0 Å². The van der Waals surface area contributed by atoms with Crippen molar-refractivity contribution in [1.82, 2.24) is 15.4 Å². The normalized spacial score (nSPS) is 10.8. The van der Waals surface area contributed by atoms with E-state index in [-0.39, 0.29) is 5.91 Å². The van der Waals surface area contributed by atoms with Crippen molar-refractivity contribution >= 4 is 28.7 Å². The van der Waals surface area contributed by atoms with Crippen molar-refractivity contribution in [3.8, 4) is 5.75 Å². The van der Waals surface area contributed by atoms with Gasteiger partial charge in [0.2, 0.25) is 5.91 Å². The number of hydrazine groups is 1. The summed E-state index contributed by atoms with van der Waals surface area (Å²) in [5, 5.41) is 0.891. The second-order valence-corrected chi connectivity index (χ2v) is 5.61. The van der Waals surface area contributed by atoms with Gasteiger partial charge in [-0.25, -0.2) is 10.8 Å². The smallest absolute Gasteiger partial charge is 0.233 e. The summed E-state index contributed by atoms with van der Waals surface area (Å²) in [6.07, 6.45) is 2.24. The first-order chi connectivity index (χ1) is 10.2. The minimum absolute atomic E-state index is 0.118. The van der Waals surface area contributed by atoms with Crippen LogP contribution in [0.2, 0.25) is 0 Å². The highest BCUT2D eigenvalue weighted by Gasteiger charge is 2.05. The van der Waals surface area contributed by atoms with Crippen molar-refractivity contribution in [1.29, 1.82) is 0 Å². The first kappa shape index (κ1) is 15.7. The van der Waals surface area contributed by atoms with Crippen LogP contribution in [0.3, 0.4) is 0 Å². The van der Waals surface area contributed by atoms with E-state index in [9.17, 15) is 4.79 Å². The third-order valence-electron chi connectivity index (χ3n) is 2.94. The maximum Gasteiger partial charge on any atom is 0.233 e. The van der Waals surface area contributed by atoms with Crippen molar-refractivity contribution in [2.45, 2.75) is 31.3 Å². The number of aromatic amines is 1. The minimum atomic E-state index is -0.118. The van der Waals surface area contributed by atoms with Crippen LogP contribution in [0.25, 0.3) is 11.0 Å². The molecule has 1 heterocycles. The van der Waals surface area contributed by atoms with Gasteiger partial charge in [-0.05, 0) is 31.9 Å². The standard InChI is InChI=1S/C14H20N4O2S/c1-2-20-10-6-7-11-12(9-10)17-14(16-11)21-8-4-3-5-13(19)18-15/h6-7,9H,2-5,8,15H2,1H3,(H,16,17)(H,18,19). The number of nitrogens with two attached hydrogens (primary N) is 1. The molecule has 7 heteroatoms. The van der Waals surface area contributed by atoms with Crippen LogP contribution in [-0.2, 0) is 4.79 Å². The highest BCUT2D eigenvalue weighted by molar-refractivity contribution is 7.99. The Labute approximate surface area is 127 Å². The molecule has 0 saturated carbocycles. The number of unbranched alkanes of at least 4 members (excludes halogenated alkanes) is 1. The van der Waals surface area contributed by atoms with E-state index < -0.39 is 0 Å². The number of carbonyl (C=O) groups is 1. The lowest BCUT2D eigenvalue weighted by Gasteiger charge is -2.00. The fourth-order valence-electron chi connectivity index (χ4n) is 1.92. The number of nitrogens with zero attached hydrogens (tertiary/aromatic N) is 1. The van der Waals surface area contributed by atoms with Crippen LogP contribution in [0, 0.1) is 0 Å². The van der Waals surface area contributed by atoms with Gasteiger partial charge in [-0.1, -0.05) is 11.8 Å². The molecule has 0 bridgehead atoms. The van der Waals surface area contributed by atoms with Gasteiger partial charge in [-0.15, -0.1) is 0 Å². The van der Waals surface area contributed by atoms with Gasteiger partial charge < -0.3 is 9.72 Å². The predicted molar refractivity (Wildman–Crippen MR) is 84.2 cm³/mol. The summed E-state index contributed by atoms with van der Waals surface area (Å²) >= 11 is 1.65. The number of amides is 1. The van der Waals surface area contributed by atoms with Gasteiger partial charge in [0.25, 0.3) is 0 Å². The molecule has 0 atom stereocenters. The van der Waals surface area contributed by atoms with Crippen LogP contribution < -0.4 is 16.0 Å². The number of thioether (sulfide) groups is 1. The molecule has 0 unspecified atom stereocenters. The van der Waals surface area contributed by atoms with Crippen molar-refractivity contribution in [2.75, 3.05) is 12.4 Å². The number of carbonyl (C=O) groups excluding carboxylic acids is 1. The van der Waals surface area contributed by atoms with E-state index in [1.54, 1.807) is 11.8 Å². The number of nitrogens with one attached hydrogen (secondary N) is 2. The number of hydrogen-bond acceptors (Lipinski definition) is 5. The number of rotatable bonds is 8. The molecule has 114 valence electrons. The van der Waals surface area contributed by atoms with Crippen LogP contribution in [0.15, 0.2) is 23.4 Å². The summed E-state index contributed by atoms with van der Waals surface area (Å²) in [6, 6.07) is 5.83. The lowest BCUT2D eigenvalue weighted by molar-refractivity contribution is -0.121. The van der Waals surface area contributed by atoms with Crippen molar-refractivity contribution < 1.29 is 9.53 Å². The van der Waals surface area contributed by atoms with E-state index in [0.717, 1.165) is 40.5 Å². The number of fused-ring (bicyclic) bond motifs is 1. The zero-order chi connectivity index (χ0) is 15.1. The van der Waals surface area contributed by atoms with E-state index in [2.05, 4.69) is 15.4 Å². The number of H-pyrrole nitrogens is 1. The molecule has 0 saturated heterocycles. The third-order valence-corrected chi connectivity index (χ3v) is 3.90. The topological polar surface area (TPSA) is 93.0 Å². The molecule has 21 heavy (non-hydrogen) atoms. The Hall–Kier alpha value is -1.73.